The van der Waals surface area contributed by atoms with Crippen molar-refractivity contribution in [3.63, 3.8) is 0 Å². The van der Waals surface area contributed by atoms with E-state index in [1.807, 2.05) is 26.0 Å². The van der Waals surface area contributed by atoms with E-state index < -0.39 is 0 Å². The number of esters is 1. The molecule has 0 saturated carbocycles. The van der Waals surface area contributed by atoms with Gasteiger partial charge in [-0.05, 0) is 31.9 Å². The van der Waals surface area contributed by atoms with Crippen LogP contribution in [0.5, 0.6) is 0 Å². The summed E-state index contributed by atoms with van der Waals surface area (Å²) in [6.45, 7) is 3.70. The van der Waals surface area contributed by atoms with Crippen molar-refractivity contribution in [3.05, 3.63) is 30.1 Å². The number of carbonyl (C=O) groups is 1. The molecule has 1 aromatic rings. The minimum absolute atomic E-state index is 0.0311. The van der Waals surface area contributed by atoms with Crippen molar-refractivity contribution in [1.29, 1.82) is 0 Å². The van der Waals surface area contributed by atoms with Gasteiger partial charge in [0.2, 0.25) is 0 Å². The molecule has 0 fully saturated rings. The first-order chi connectivity index (χ1) is 6.68. The lowest BCUT2D eigenvalue weighted by Gasteiger charge is -2.07. The summed E-state index contributed by atoms with van der Waals surface area (Å²) in [6.07, 6.45) is 4.57. The van der Waals surface area contributed by atoms with Crippen LogP contribution in [0.2, 0.25) is 0 Å². The highest BCUT2D eigenvalue weighted by Gasteiger charge is 2.05. The number of ether oxygens (including phenoxy) is 1. The van der Waals surface area contributed by atoms with E-state index in [0.29, 0.717) is 12.8 Å². The van der Waals surface area contributed by atoms with Gasteiger partial charge >= 0.3 is 5.97 Å². The lowest BCUT2D eigenvalue weighted by atomic mass is 10.2. The standard InChI is InChI=1S/C11H15NO2/c1-9(2)14-11(13)6-5-10-4-3-7-12-8-10/h3-4,7-9H,5-6H2,1-2H3. The second-order valence-electron chi connectivity index (χ2n) is 3.40. The first-order valence-corrected chi connectivity index (χ1v) is 4.77. The van der Waals surface area contributed by atoms with Crippen LogP contribution in [0.1, 0.15) is 25.8 Å². The zero-order chi connectivity index (χ0) is 10.4. The summed E-state index contributed by atoms with van der Waals surface area (Å²) in [6, 6.07) is 3.82. The first kappa shape index (κ1) is 10.7. The Bertz CT molecular complexity index is 283. The molecule has 0 unspecified atom stereocenters. The maximum atomic E-state index is 11.2. The highest BCUT2D eigenvalue weighted by Crippen LogP contribution is 2.02. The van der Waals surface area contributed by atoms with E-state index in [1.54, 1.807) is 12.4 Å². The Morgan fingerprint density at radius 2 is 2.36 bits per heavy atom. The predicted octanol–water partition coefficient (Wildman–Crippen LogP) is 1.97. The van der Waals surface area contributed by atoms with Crippen LogP contribution >= 0.6 is 0 Å². The van der Waals surface area contributed by atoms with E-state index in [4.69, 9.17) is 4.74 Å². The molecule has 0 bridgehead atoms. The van der Waals surface area contributed by atoms with Crippen LogP contribution in [0.15, 0.2) is 24.5 Å². The van der Waals surface area contributed by atoms with Crippen molar-refractivity contribution in [2.24, 2.45) is 0 Å². The highest BCUT2D eigenvalue weighted by molar-refractivity contribution is 5.69. The Morgan fingerprint density at radius 1 is 1.57 bits per heavy atom. The number of rotatable bonds is 4. The van der Waals surface area contributed by atoms with Crippen LogP contribution in [0.3, 0.4) is 0 Å². The van der Waals surface area contributed by atoms with E-state index in [1.165, 1.54) is 0 Å². The third-order valence-corrected chi connectivity index (χ3v) is 1.71. The van der Waals surface area contributed by atoms with Gasteiger partial charge < -0.3 is 4.74 Å². The van der Waals surface area contributed by atoms with E-state index in [0.717, 1.165) is 5.56 Å². The van der Waals surface area contributed by atoms with Gasteiger partial charge in [-0.3, -0.25) is 9.78 Å². The number of pyridine rings is 1. The molecule has 14 heavy (non-hydrogen) atoms. The summed E-state index contributed by atoms with van der Waals surface area (Å²) >= 11 is 0. The summed E-state index contributed by atoms with van der Waals surface area (Å²) < 4.78 is 5.01. The topological polar surface area (TPSA) is 39.2 Å². The van der Waals surface area contributed by atoms with Crippen molar-refractivity contribution in [3.8, 4) is 0 Å². The molecule has 0 aromatic carbocycles. The molecule has 3 heteroatoms. The van der Waals surface area contributed by atoms with Crippen LogP contribution in [-0.2, 0) is 16.0 Å². The smallest absolute Gasteiger partial charge is 0.306 e. The second kappa shape index (κ2) is 5.37. The summed E-state index contributed by atoms with van der Waals surface area (Å²) in [5, 5.41) is 0. The van der Waals surface area contributed by atoms with Crippen molar-refractivity contribution in [2.45, 2.75) is 32.8 Å². The molecule has 76 valence electrons. The Balaban J connectivity index is 2.31. The lowest BCUT2D eigenvalue weighted by molar-refractivity contribution is -0.147. The maximum Gasteiger partial charge on any atom is 0.306 e. The Morgan fingerprint density at radius 3 is 2.93 bits per heavy atom. The van der Waals surface area contributed by atoms with Crippen molar-refractivity contribution >= 4 is 5.97 Å². The average Bonchev–Trinajstić information content (AvgIpc) is 2.15. The van der Waals surface area contributed by atoms with Gasteiger partial charge in [-0.15, -0.1) is 0 Å². The Hall–Kier alpha value is -1.38. The van der Waals surface area contributed by atoms with Crippen molar-refractivity contribution in [2.75, 3.05) is 0 Å². The fraction of sp³-hybridized carbons (Fsp3) is 0.455. The Labute approximate surface area is 84.1 Å². The van der Waals surface area contributed by atoms with Crippen LogP contribution in [0.25, 0.3) is 0 Å². The molecular weight excluding hydrogens is 178 g/mol. The summed E-state index contributed by atoms with van der Waals surface area (Å²) in [5.74, 6) is -0.149. The van der Waals surface area contributed by atoms with Crippen molar-refractivity contribution < 1.29 is 9.53 Å². The molecule has 0 saturated heterocycles. The van der Waals surface area contributed by atoms with Crippen molar-refractivity contribution in [1.82, 2.24) is 4.98 Å². The fourth-order valence-corrected chi connectivity index (χ4v) is 1.11. The van der Waals surface area contributed by atoms with Gasteiger partial charge in [-0.2, -0.15) is 0 Å². The largest absolute Gasteiger partial charge is 0.463 e. The van der Waals surface area contributed by atoms with Gasteiger partial charge in [0.25, 0.3) is 0 Å². The third kappa shape index (κ3) is 4.03. The molecule has 0 amide bonds. The molecule has 1 rings (SSSR count). The molecule has 0 radical (unpaired) electrons. The average molecular weight is 193 g/mol. The van der Waals surface area contributed by atoms with E-state index in [2.05, 4.69) is 4.98 Å². The molecule has 0 aliphatic heterocycles. The van der Waals surface area contributed by atoms with Crippen LogP contribution in [0.4, 0.5) is 0 Å². The van der Waals surface area contributed by atoms with E-state index in [-0.39, 0.29) is 12.1 Å². The second-order valence-corrected chi connectivity index (χ2v) is 3.40. The van der Waals surface area contributed by atoms with E-state index in [9.17, 15) is 4.79 Å². The number of hydrogen-bond donors (Lipinski definition) is 0. The molecule has 0 aliphatic rings. The number of nitrogens with zero attached hydrogens (tertiary/aromatic N) is 1. The van der Waals surface area contributed by atoms with Gasteiger partial charge in [0.15, 0.2) is 0 Å². The minimum atomic E-state index is -0.149. The number of aryl methyl sites for hydroxylation is 1. The molecular formula is C11H15NO2. The summed E-state index contributed by atoms with van der Waals surface area (Å²) in [4.78, 5) is 15.2. The van der Waals surface area contributed by atoms with Gasteiger partial charge in [0.1, 0.15) is 0 Å². The summed E-state index contributed by atoms with van der Waals surface area (Å²) in [7, 11) is 0. The minimum Gasteiger partial charge on any atom is -0.463 e. The highest BCUT2D eigenvalue weighted by atomic mass is 16.5. The van der Waals surface area contributed by atoms with Crippen LogP contribution in [-0.4, -0.2) is 17.1 Å². The molecule has 1 aromatic heterocycles. The zero-order valence-electron chi connectivity index (χ0n) is 8.56. The molecule has 0 aliphatic carbocycles. The molecule has 3 nitrogen and oxygen atoms in total. The third-order valence-electron chi connectivity index (χ3n) is 1.71. The molecule has 1 heterocycles. The Kier molecular flexibility index (Phi) is 4.11. The quantitative estimate of drug-likeness (QED) is 0.686. The van der Waals surface area contributed by atoms with Gasteiger partial charge in [-0.1, -0.05) is 6.07 Å². The van der Waals surface area contributed by atoms with Gasteiger partial charge in [0, 0.05) is 18.8 Å². The van der Waals surface area contributed by atoms with Crippen LogP contribution in [0, 0.1) is 0 Å². The van der Waals surface area contributed by atoms with Gasteiger partial charge in [-0.25, -0.2) is 0 Å². The zero-order valence-corrected chi connectivity index (χ0v) is 8.56. The van der Waals surface area contributed by atoms with E-state index >= 15 is 0 Å². The predicted molar refractivity (Wildman–Crippen MR) is 53.8 cm³/mol. The number of hydrogen-bond acceptors (Lipinski definition) is 3. The molecule has 0 N–H and O–H groups in total. The number of aromatic nitrogens is 1. The monoisotopic (exact) mass is 193 g/mol. The van der Waals surface area contributed by atoms with Crippen LogP contribution < -0.4 is 0 Å². The maximum absolute atomic E-state index is 11.2. The SMILES string of the molecule is CC(C)OC(=O)CCc1cccnc1. The lowest BCUT2D eigenvalue weighted by Crippen LogP contribution is -2.11. The first-order valence-electron chi connectivity index (χ1n) is 4.77. The molecule has 0 spiro atoms. The van der Waals surface area contributed by atoms with Gasteiger partial charge in [0.05, 0.1) is 6.10 Å². The number of carbonyl (C=O) groups excluding carboxylic acids is 1. The summed E-state index contributed by atoms with van der Waals surface area (Å²) in [5.41, 5.74) is 1.06. The normalized spacial score (nSPS) is 10.2. The fourth-order valence-electron chi connectivity index (χ4n) is 1.11. The molecule has 0 atom stereocenters.